The van der Waals surface area contributed by atoms with Gasteiger partial charge >= 0.3 is 0 Å². The van der Waals surface area contributed by atoms with Crippen molar-refractivity contribution in [2.24, 2.45) is 0 Å². The van der Waals surface area contributed by atoms with Crippen molar-refractivity contribution in [2.75, 3.05) is 11.4 Å². The van der Waals surface area contributed by atoms with Crippen molar-refractivity contribution >= 4 is 15.7 Å². The van der Waals surface area contributed by atoms with E-state index in [2.05, 4.69) is 0 Å². The van der Waals surface area contributed by atoms with Gasteiger partial charge in [-0.1, -0.05) is 0 Å². The largest absolute Gasteiger partial charge is 0.508 e. The van der Waals surface area contributed by atoms with Crippen LogP contribution in [0, 0.1) is 0 Å². The number of nitrogens with zero attached hydrogens (tertiary/aromatic N) is 1. The van der Waals surface area contributed by atoms with Gasteiger partial charge in [0.2, 0.25) is 0 Å². The van der Waals surface area contributed by atoms with E-state index >= 15 is 0 Å². The predicted octanol–water partition coefficient (Wildman–Crippen LogP) is 1.92. The molecule has 0 heterocycles. The summed E-state index contributed by atoms with van der Waals surface area (Å²) in [5.74, 6) is 0.0745. The molecule has 0 spiro atoms. The molecular formula is C13H13NO4S. The molecule has 0 fully saturated rings. The van der Waals surface area contributed by atoms with Gasteiger partial charge in [-0.3, -0.25) is 4.31 Å². The minimum absolute atomic E-state index is 0.00577. The molecule has 2 aromatic rings. The van der Waals surface area contributed by atoms with Crippen LogP contribution in [0.2, 0.25) is 0 Å². The first-order valence-corrected chi connectivity index (χ1v) is 6.92. The molecule has 0 amide bonds. The Labute approximate surface area is 111 Å². The zero-order valence-corrected chi connectivity index (χ0v) is 11.0. The van der Waals surface area contributed by atoms with E-state index in [4.69, 9.17) is 0 Å². The van der Waals surface area contributed by atoms with E-state index in [9.17, 15) is 18.6 Å². The molecule has 0 aliphatic heterocycles. The monoisotopic (exact) mass is 279 g/mol. The maximum Gasteiger partial charge on any atom is 0.264 e. The number of sulfonamides is 1. The van der Waals surface area contributed by atoms with Crippen molar-refractivity contribution in [3.63, 3.8) is 0 Å². The number of hydrogen-bond donors (Lipinski definition) is 2. The Balaban J connectivity index is 2.39. The number of phenols is 2. The quantitative estimate of drug-likeness (QED) is 0.899. The van der Waals surface area contributed by atoms with Gasteiger partial charge in [0.05, 0.1) is 10.6 Å². The summed E-state index contributed by atoms with van der Waals surface area (Å²) >= 11 is 0. The molecule has 19 heavy (non-hydrogen) atoms. The van der Waals surface area contributed by atoms with E-state index in [1.807, 2.05) is 0 Å². The van der Waals surface area contributed by atoms with Crippen molar-refractivity contribution < 1.29 is 18.6 Å². The standard InChI is InChI=1S/C13H13NO4S/c1-14(10-2-4-11(15)5-3-10)19(17,18)13-8-6-12(16)7-9-13/h2-9,15-16H,1H3. The van der Waals surface area contributed by atoms with Gasteiger partial charge in [-0.2, -0.15) is 0 Å². The summed E-state index contributed by atoms with van der Waals surface area (Å²) in [6, 6.07) is 11.1. The van der Waals surface area contributed by atoms with Crippen molar-refractivity contribution in [3.05, 3.63) is 48.5 Å². The predicted molar refractivity (Wildman–Crippen MR) is 71.8 cm³/mol. The number of aromatic hydroxyl groups is 2. The third-order valence-electron chi connectivity index (χ3n) is 2.71. The lowest BCUT2D eigenvalue weighted by Gasteiger charge is -2.19. The molecule has 0 bridgehead atoms. The summed E-state index contributed by atoms with van der Waals surface area (Å²) in [6.45, 7) is 0. The van der Waals surface area contributed by atoms with Gasteiger partial charge in [-0.05, 0) is 48.5 Å². The van der Waals surface area contributed by atoms with Crippen LogP contribution < -0.4 is 4.31 Å². The fourth-order valence-electron chi connectivity index (χ4n) is 1.58. The first-order valence-electron chi connectivity index (χ1n) is 5.48. The topological polar surface area (TPSA) is 77.8 Å². The second kappa shape index (κ2) is 4.81. The van der Waals surface area contributed by atoms with Crippen molar-refractivity contribution in [2.45, 2.75) is 4.90 Å². The SMILES string of the molecule is CN(c1ccc(O)cc1)S(=O)(=O)c1ccc(O)cc1. The lowest BCUT2D eigenvalue weighted by Crippen LogP contribution is -2.26. The third-order valence-corrected chi connectivity index (χ3v) is 4.51. The van der Waals surface area contributed by atoms with Crippen LogP contribution in [-0.4, -0.2) is 25.7 Å². The van der Waals surface area contributed by atoms with Gasteiger partial charge in [0.15, 0.2) is 0 Å². The minimum atomic E-state index is -3.68. The number of hydrogen-bond acceptors (Lipinski definition) is 4. The number of benzene rings is 2. The molecule has 2 rings (SSSR count). The highest BCUT2D eigenvalue weighted by atomic mass is 32.2. The van der Waals surface area contributed by atoms with E-state index in [0.717, 1.165) is 4.31 Å². The maximum absolute atomic E-state index is 12.3. The molecule has 5 nitrogen and oxygen atoms in total. The molecule has 0 radical (unpaired) electrons. The highest BCUT2D eigenvalue weighted by Crippen LogP contribution is 2.24. The zero-order valence-electron chi connectivity index (χ0n) is 10.2. The van der Waals surface area contributed by atoms with Crippen LogP contribution in [0.3, 0.4) is 0 Å². The van der Waals surface area contributed by atoms with Gasteiger partial charge in [0.1, 0.15) is 11.5 Å². The van der Waals surface area contributed by atoms with Gasteiger partial charge in [0.25, 0.3) is 10.0 Å². The van der Waals surface area contributed by atoms with E-state index in [-0.39, 0.29) is 16.4 Å². The molecule has 0 aliphatic rings. The second-order valence-electron chi connectivity index (χ2n) is 3.98. The molecule has 0 saturated carbocycles. The Kier molecular flexibility index (Phi) is 3.35. The Morgan fingerprint density at radius 3 is 1.74 bits per heavy atom. The highest BCUT2D eigenvalue weighted by Gasteiger charge is 2.21. The van der Waals surface area contributed by atoms with E-state index in [1.54, 1.807) is 0 Å². The Hall–Kier alpha value is -2.21. The third kappa shape index (κ3) is 2.63. The molecule has 0 saturated heterocycles. The molecule has 2 N–H and O–H groups in total. The number of rotatable bonds is 3. The summed E-state index contributed by atoms with van der Waals surface area (Å²) in [4.78, 5) is 0.0841. The first-order chi connectivity index (χ1) is 8.91. The molecule has 0 atom stereocenters. The van der Waals surface area contributed by atoms with Gasteiger partial charge in [0, 0.05) is 7.05 Å². The fourth-order valence-corrected chi connectivity index (χ4v) is 2.77. The summed E-state index contributed by atoms with van der Waals surface area (Å²) in [5.41, 5.74) is 0.436. The van der Waals surface area contributed by atoms with Crippen LogP contribution in [0.1, 0.15) is 0 Å². The number of anilines is 1. The molecule has 0 unspecified atom stereocenters. The molecular weight excluding hydrogens is 266 g/mol. The van der Waals surface area contributed by atoms with E-state index in [0.29, 0.717) is 5.69 Å². The average Bonchev–Trinajstić information content (AvgIpc) is 2.39. The van der Waals surface area contributed by atoms with Gasteiger partial charge in [-0.25, -0.2) is 8.42 Å². The smallest absolute Gasteiger partial charge is 0.264 e. The Morgan fingerprint density at radius 1 is 0.842 bits per heavy atom. The Morgan fingerprint density at radius 2 is 1.26 bits per heavy atom. The van der Waals surface area contributed by atoms with Crippen LogP contribution in [0.25, 0.3) is 0 Å². The van der Waals surface area contributed by atoms with E-state index in [1.165, 1.54) is 55.6 Å². The van der Waals surface area contributed by atoms with Crippen molar-refractivity contribution in [3.8, 4) is 11.5 Å². The molecule has 100 valence electrons. The Bertz CT molecular complexity index is 663. The van der Waals surface area contributed by atoms with Gasteiger partial charge in [-0.15, -0.1) is 0 Å². The molecule has 0 aliphatic carbocycles. The van der Waals surface area contributed by atoms with Crippen LogP contribution in [0.5, 0.6) is 11.5 Å². The lowest BCUT2D eigenvalue weighted by molar-refractivity contribution is 0.474. The summed E-state index contributed by atoms with van der Waals surface area (Å²) in [6.07, 6.45) is 0. The van der Waals surface area contributed by atoms with Crippen LogP contribution in [-0.2, 0) is 10.0 Å². The van der Waals surface area contributed by atoms with Crippen molar-refractivity contribution in [1.82, 2.24) is 0 Å². The lowest BCUT2D eigenvalue weighted by atomic mass is 10.3. The van der Waals surface area contributed by atoms with Gasteiger partial charge < -0.3 is 10.2 Å². The fraction of sp³-hybridized carbons (Fsp3) is 0.0769. The normalized spacial score (nSPS) is 11.2. The number of phenolic OH excluding ortho intramolecular Hbond substituents is 2. The zero-order chi connectivity index (χ0) is 14.0. The average molecular weight is 279 g/mol. The van der Waals surface area contributed by atoms with Crippen molar-refractivity contribution in [1.29, 1.82) is 0 Å². The highest BCUT2D eigenvalue weighted by molar-refractivity contribution is 7.92. The molecule has 2 aromatic carbocycles. The first kappa shape index (κ1) is 13.2. The molecule has 0 aromatic heterocycles. The molecule has 6 heteroatoms. The summed E-state index contributed by atoms with van der Waals surface area (Å²) < 4.78 is 25.7. The van der Waals surface area contributed by atoms with Crippen LogP contribution in [0.4, 0.5) is 5.69 Å². The summed E-state index contributed by atoms with van der Waals surface area (Å²) in [7, 11) is -2.26. The van der Waals surface area contributed by atoms with Crippen LogP contribution in [0.15, 0.2) is 53.4 Å². The van der Waals surface area contributed by atoms with E-state index < -0.39 is 10.0 Å². The van der Waals surface area contributed by atoms with Crippen LogP contribution >= 0.6 is 0 Å². The second-order valence-corrected chi connectivity index (χ2v) is 5.95. The minimum Gasteiger partial charge on any atom is -0.508 e. The maximum atomic E-state index is 12.3. The summed E-state index contributed by atoms with van der Waals surface area (Å²) in [5, 5.41) is 18.4.